The number of halogens is 1. The molecule has 1 amide bonds. The molecule has 11 heteroatoms. The maximum Gasteiger partial charge on any atom is 0.255 e. The van der Waals surface area contributed by atoms with Gasteiger partial charge in [0.15, 0.2) is 22.6 Å². The monoisotopic (exact) mass is 571 g/mol. The second kappa shape index (κ2) is 12.0. The first-order valence-corrected chi connectivity index (χ1v) is 13.6. The summed E-state index contributed by atoms with van der Waals surface area (Å²) in [4.78, 5) is 22.5. The van der Waals surface area contributed by atoms with Crippen LogP contribution in [0.1, 0.15) is 15.9 Å². The maximum absolute atomic E-state index is 13.6. The molecule has 5 aromatic rings. The topological polar surface area (TPSA) is 114 Å². The van der Waals surface area contributed by atoms with Crippen molar-refractivity contribution in [3.8, 4) is 11.5 Å². The van der Waals surface area contributed by atoms with Crippen LogP contribution < -0.4 is 24.8 Å². The van der Waals surface area contributed by atoms with Gasteiger partial charge in [-0.2, -0.15) is 0 Å². The van der Waals surface area contributed by atoms with Gasteiger partial charge < -0.3 is 20.1 Å². The number of nitrogens with zero attached hydrogens (tertiary/aromatic N) is 2. The lowest BCUT2D eigenvalue weighted by atomic mass is 10.1. The van der Waals surface area contributed by atoms with Crippen molar-refractivity contribution in [2.75, 3.05) is 29.6 Å². The van der Waals surface area contributed by atoms with Gasteiger partial charge in [-0.25, -0.2) is 18.6 Å². The molecular formula is C30H26FN5O4S. The molecule has 0 aliphatic rings. The van der Waals surface area contributed by atoms with E-state index in [1.807, 2.05) is 24.3 Å². The van der Waals surface area contributed by atoms with E-state index in [9.17, 15) is 13.4 Å². The van der Waals surface area contributed by atoms with Gasteiger partial charge in [-0.05, 0) is 61.0 Å². The highest BCUT2D eigenvalue weighted by Crippen LogP contribution is 2.31. The van der Waals surface area contributed by atoms with Gasteiger partial charge in [0.05, 0.1) is 30.1 Å². The highest BCUT2D eigenvalue weighted by molar-refractivity contribution is 7.86. The summed E-state index contributed by atoms with van der Waals surface area (Å²) >= 11 is 0. The number of methoxy groups -OCH3 is 2. The van der Waals surface area contributed by atoms with Crippen molar-refractivity contribution in [2.45, 2.75) is 11.8 Å². The van der Waals surface area contributed by atoms with E-state index in [0.29, 0.717) is 55.7 Å². The summed E-state index contributed by atoms with van der Waals surface area (Å²) in [6.45, 7) is 1.59. The van der Waals surface area contributed by atoms with Crippen LogP contribution >= 0.6 is 0 Å². The second-order valence-electron chi connectivity index (χ2n) is 8.95. The number of amides is 1. The Morgan fingerprint density at radius 2 is 1.49 bits per heavy atom. The van der Waals surface area contributed by atoms with Crippen molar-refractivity contribution < 1.29 is 22.9 Å². The molecule has 0 saturated carbocycles. The maximum atomic E-state index is 13.6. The number of carbonyl (C=O) groups is 1. The number of ether oxygens (including phenoxy) is 2. The van der Waals surface area contributed by atoms with Crippen LogP contribution in [-0.4, -0.2) is 34.3 Å². The fourth-order valence-electron chi connectivity index (χ4n) is 4.00. The Balaban J connectivity index is 1.42. The fourth-order valence-corrected chi connectivity index (χ4v) is 4.87. The molecule has 41 heavy (non-hydrogen) atoms. The van der Waals surface area contributed by atoms with Crippen LogP contribution in [0.25, 0.3) is 11.0 Å². The molecule has 208 valence electrons. The van der Waals surface area contributed by atoms with Crippen molar-refractivity contribution >= 4 is 50.9 Å². The van der Waals surface area contributed by atoms with Crippen LogP contribution in [0.15, 0.2) is 89.8 Å². The van der Waals surface area contributed by atoms with Gasteiger partial charge in [-0.3, -0.25) is 9.52 Å². The van der Waals surface area contributed by atoms with Gasteiger partial charge >= 0.3 is 0 Å². The van der Waals surface area contributed by atoms with E-state index in [2.05, 4.69) is 20.3 Å². The number of carbonyl (C=O) groups excluding carboxylic acids is 1. The molecule has 5 rings (SSSR count). The van der Waals surface area contributed by atoms with E-state index in [1.165, 1.54) is 18.2 Å². The lowest BCUT2D eigenvalue weighted by Crippen LogP contribution is -2.13. The smallest absolute Gasteiger partial charge is 0.255 e. The van der Waals surface area contributed by atoms with Crippen LogP contribution in [0, 0.1) is 12.7 Å². The Bertz CT molecular complexity index is 1760. The average molecular weight is 572 g/mol. The zero-order valence-electron chi connectivity index (χ0n) is 22.4. The molecule has 1 unspecified atom stereocenters. The highest BCUT2D eigenvalue weighted by atomic mass is 32.2. The third kappa shape index (κ3) is 6.42. The lowest BCUT2D eigenvalue weighted by molar-refractivity contribution is 0.102. The first kappa shape index (κ1) is 27.5. The first-order chi connectivity index (χ1) is 19.8. The van der Waals surface area contributed by atoms with Crippen molar-refractivity contribution in [1.82, 2.24) is 9.97 Å². The quantitative estimate of drug-likeness (QED) is 0.192. The summed E-state index contributed by atoms with van der Waals surface area (Å²) in [6, 6.07) is 23.3. The van der Waals surface area contributed by atoms with E-state index in [0.717, 1.165) is 0 Å². The van der Waals surface area contributed by atoms with Crippen LogP contribution in [-0.2, 0) is 11.0 Å². The SMILES string of the molecule is COc1cc(Nc2nc3ccccc3nc2NS(=O)c2cccc(NC(=O)c3ccc(F)c(C)c3)c2)cc(OC)c1. The Kier molecular flexibility index (Phi) is 8.06. The van der Waals surface area contributed by atoms with Crippen LogP contribution in [0.3, 0.4) is 0 Å². The Morgan fingerprint density at radius 1 is 0.805 bits per heavy atom. The normalized spacial score (nSPS) is 11.5. The number of benzene rings is 4. The first-order valence-electron chi connectivity index (χ1n) is 12.5. The lowest BCUT2D eigenvalue weighted by Gasteiger charge is -2.15. The second-order valence-corrected chi connectivity index (χ2v) is 10.2. The molecule has 0 saturated heterocycles. The molecule has 0 radical (unpaired) electrons. The molecule has 0 aliphatic heterocycles. The standard InChI is InChI=1S/C30H26FN5O4S/c1-18-13-19(11-12-25(18)31)30(37)33-20-7-6-8-24(16-20)41(38)36-29-28(34-26-9-4-5-10-27(26)35-29)32-21-14-22(39-2)17-23(15-21)40-3/h4-17H,1-3H3,(H,32,34)(H,33,37)(H,35,36). The summed E-state index contributed by atoms with van der Waals surface area (Å²) in [5.41, 5.74) is 2.98. The number of nitrogens with one attached hydrogen (secondary N) is 3. The van der Waals surface area contributed by atoms with Gasteiger partial charge in [-0.15, -0.1) is 0 Å². The number of aryl methyl sites for hydroxylation is 1. The van der Waals surface area contributed by atoms with E-state index < -0.39 is 16.9 Å². The van der Waals surface area contributed by atoms with Gasteiger partial charge in [0.25, 0.3) is 5.91 Å². The van der Waals surface area contributed by atoms with Crippen LogP contribution in [0.4, 0.5) is 27.4 Å². The summed E-state index contributed by atoms with van der Waals surface area (Å²) in [5.74, 6) is 0.941. The van der Waals surface area contributed by atoms with Gasteiger partial charge in [0.2, 0.25) is 0 Å². The molecule has 3 N–H and O–H groups in total. The predicted molar refractivity (Wildman–Crippen MR) is 158 cm³/mol. The number of fused-ring (bicyclic) bond motifs is 1. The minimum absolute atomic E-state index is 0.250. The highest BCUT2D eigenvalue weighted by Gasteiger charge is 2.15. The minimum Gasteiger partial charge on any atom is -0.497 e. The molecule has 9 nitrogen and oxygen atoms in total. The fraction of sp³-hybridized carbons (Fsp3) is 0.100. The van der Waals surface area contributed by atoms with E-state index in [-0.39, 0.29) is 11.6 Å². The molecule has 1 aromatic heterocycles. The summed E-state index contributed by atoms with van der Waals surface area (Å²) in [5, 5.41) is 5.99. The summed E-state index contributed by atoms with van der Waals surface area (Å²) in [7, 11) is 1.34. The van der Waals surface area contributed by atoms with Crippen LogP contribution in [0.5, 0.6) is 11.5 Å². The minimum atomic E-state index is -1.78. The molecule has 0 spiro atoms. The molecule has 0 aliphatic carbocycles. The van der Waals surface area contributed by atoms with Gasteiger partial charge in [0.1, 0.15) is 17.3 Å². The summed E-state index contributed by atoms with van der Waals surface area (Å²) < 4.78 is 40.8. The summed E-state index contributed by atoms with van der Waals surface area (Å²) in [6.07, 6.45) is 0. The van der Waals surface area contributed by atoms with Crippen LogP contribution in [0.2, 0.25) is 0 Å². The Labute approximate surface area is 238 Å². The van der Waals surface area contributed by atoms with Crippen molar-refractivity contribution in [1.29, 1.82) is 0 Å². The number of anilines is 4. The molecule has 1 atom stereocenters. The molecule has 4 aromatic carbocycles. The molecule has 0 fully saturated rings. The number of hydrogen-bond acceptors (Lipinski definition) is 7. The largest absolute Gasteiger partial charge is 0.497 e. The Morgan fingerprint density at radius 3 is 2.15 bits per heavy atom. The number of hydrogen-bond donors (Lipinski definition) is 3. The van der Waals surface area contributed by atoms with E-state index >= 15 is 0 Å². The number of rotatable bonds is 9. The van der Waals surface area contributed by atoms with E-state index in [4.69, 9.17) is 14.5 Å². The van der Waals surface area contributed by atoms with Crippen molar-refractivity contribution in [3.63, 3.8) is 0 Å². The number of aromatic nitrogens is 2. The van der Waals surface area contributed by atoms with Gasteiger partial charge in [-0.1, -0.05) is 18.2 Å². The Hall–Kier alpha value is -5.03. The van der Waals surface area contributed by atoms with E-state index in [1.54, 1.807) is 63.6 Å². The third-order valence-electron chi connectivity index (χ3n) is 6.10. The van der Waals surface area contributed by atoms with Crippen molar-refractivity contribution in [3.05, 3.63) is 102 Å². The number of para-hydroxylation sites is 2. The molecular weight excluding hydrogens is 545 g/mol. The predicted octanol–water partition coefficient (Wildman–Crippen LogP) is 6.23. The molecule has 0 bridgehead atoms. The third-order valence-corrected chi connectivity index (χ3v) is 7.16. The average Bonchev–Trinajstić information content (AvgIpc) is 2.98. The van der Waals surface area contributed by atoms with Crippen molar-refractivity contribution in [2.24, 2.45) is 0 Å². The zero-order valence-corrected chi connectivity index (χ0v) is 23.2. The molecule has 1 heterocycles. The zero-order chi connectivity index (χ0) is 28.9. The van der Waals surface area contributed by atoms with Gasteiger partial charge in [0, 0.05) is 35.1 Å².